The number of hydrogen-bond acceptors (Lipinski definition) is 4. The molecule has 0 radical (unpaired) electrons. The highest BCUT2D eigenvalue weighted by Crippen LogP contribution is 2.37. The molecule has 0 saturated heterocycles. The van der Waals surface area contributed by atoms with Crippen LogP contribution in [0.5, 0.6) is 11.5 Å². The zero-order chi connectivity index (χ0) is 17.6. The Morgan fingerprint density at radius 1 is 1.00 bits per heavy atom. The molecule has 5 nitrogen and oxygen atoms in total. The molecular weight excluding hydrogens is 352 g/mol. The molecule has 0 unspecified atom stereocenters. The van der Waals surface area contributed by atoms with Crippen LogP contribution in [0.25, 0.3) is 0 Å². The Hall–Kier alpha value is -2.35. The minimum Gasteiger partial charge on any atom is -0.486 e. The molecule has 0 saturated carbocycles. The predicted molar refractivity (Wildman–Crippen MR) is 86.6 cm³/mol. The number of rotatable bonds is 2. The van der Waals surface area contributed by atoms with Crippen molar-refractivity contribution in [2.75, 3.05) is 24.1 Å². The van der Waals surface area contributed by atoms with Crippen LogP contribution in [-0.2, 0) is 16.4 Å². The first-order valence-corrected chi connectivity index (χ1v) is 9.31. The van der Waals surface area contributed by atoms with Crippen molar-refractivity contribution in [1.82, 2.24) is 0 Å². The summed E-state index contributed by atoms with van der Waals surface area (Å²) < 4.78 is 65.7. The van der Waals surface area contributed by atoms with Crippen molar-refractivity contribution in [3.63, 3.8) is 0 Å². The van der Waals surface area contributed by atoms with Crippen LogP contribution in [0.2, 0.25) is 0 Å². The maximum Gasteiger partial charge on any atom is 0.264 e. The van der Waals surface area contributed by atoms with Gasteiger partial charge >= 0.3 is 0 Å². The number of nitrogens with zero attached hydrogens (tertiary/aromatic N) is 1. The van der Waals surface area contributed by atoms with E-state index in [1.54, 1.807) is 0 Å². The third-order valence-corrected chi connectivity index (χ3v) is 6.06. The van der Waals surface area contributed by atoms with Gasteiger partial charge in [-0.15, -0.1) is 0 Å². The first kappa shape index (κ1) is 16.1. The van der Waals surface area contributed by atoms with Crippen LogP contribution in [0, 0.1) is 11.6 Å². The second-order valence-corrected chi connectivity index (χ2v) is 7.74. The molecule has 132 valence electrons. The Kier molecular flexibility index (Phi) is 3.79. The molecule has 0 fully saturated rings. The molecule has 8 heteroatoms. The summed E-state index contributed by atoms with van der Waals surface area (Å²) >= 11 is 0. The molecule has 2 aliphatic heterocycles. The molecule has 0 aromatic heterocycles. The minimum absolute atomic E-state index is 0.0201. The van der Waals surface area contributed by atoms with Gasteiger partial charge in [-0.3, -0.25) is 4.31 Å². The molecule has 2 aromatic rings. The zero-order valence-electron chi connectivity index (χ0n) is 13.2. The van der Waals surface area contributed by atoms with E-state index in [4.69, 9.17) is 9.47 Å². The number of ether oxygens (including phenoxy) is 2. The Morgan fingerprint density at radius 2 is 1.76 bits per heavy atom. The fourth-order valence-electron chi connectivity index (χ4n) is 3.17. The quantitative estimate of drug-likeness (QED) is 0.819. The van der Waals surface area contributed by atoms with Crippen molar-refractivity contribution in [2.24, 2.45) is 0 Å². The van der Waals surface area contributed by atoms with Crippen LogP contribution in [0.3, 0.4) is 0 Å². The second kappa shape index (κ2) is 5.87. The maximum absolute atomic E-state index is 14.3. The van der Waals surface area contributed by atoms with Gasteiger partial charge < -0.3 is 9.47 Å². The van der Waals surface area contributed by atoms with Crippen LogP contribution in [0.15, 0.2) is 35.2 Å². The number of benzene rings is 2. The van der Waals surface area contributed by atoms with Gasteiger partial charge in [-0.05, 0) is 36.6 Å². The van der Waals surface area contributed by atoms with Gasteiger partial charge in [0.1, 0.15) is 19.0 Å². The van der Waals surface area contributed by atoms with Crippen LogP contribution in [-0.4, -0.2) is 28.2 Å². The van der Waals surface area contributed by atoms with Gasteiger partial charge in [-0.2, -0.15) is 0 Å². The summed E-state index contributed by atoms with van der Waals surface area (Å²) in [5.41, 5.74) is 0.271. The van der Waals surface area contributed by atoms with Gasteiger partial charge in [-0.1, -0.05) is 0 Å². The molecule has 0 amide bonds. The molecular formula is C17H15F2NO4S. The summed E-state index contributed by atoms with van der Waals surface area (Å²) in [7, 11) is -4.01. The van der Waals surface area contributed by atoms with E-state index in [0.717, 1.165) is 4.31 Å². The second-order valence-electron chi connectivity index (χ2n) is 5.88. The Balaban J connectivity index is 1.80. The lowest BCUT2D eigenvalue weighted by molar-refractivity contribution is 0.171. The van der Waals surface area contributed by atoms with E-state index < -0.39 is 21.7 Å². The first-order valence-electron chi connectivity index (χ1n) is 7.87. The van der Waals surface area contributed by atoms with Crippen LogP contribution in [0.1, 0.15) is 12.0 Å². The van der Waals surface area contributed by atoms with E-state index in [-0.39, 0.29) is 17.1 Å². The molecule has 2 aliphatic rings. The number of hydrogen-bond donors (Lipinski definition) is 0. The molecule has 2 heterocycles. The van der Waals surface area contributed by atoms with Crippen molar-refractivity contribution in [3.8, 4) is 11.5 Å². The van der Waals surface area contributed by atoms with Gasteiger partial charge in [0.25, 0.3) is 10.0 Å². The smallest absolute Gasteiger partial charge is 0.264 e. The van der Waals surface area contributed by atoms with Gasteiger partial charge in [0, 0.05) is 18.7 Å². The lowest BCUT2D eigenvalue weighted by Gasteiger charge is -2.31. The molecule has 4 rings (SSSR count). The Labute approximate surface area is 143 Å². The summed E-state index contributed by atoms with van der Waals surface area (Å²) in [6, 6.07) is 6.19. The van der Waals surface area contributed by atoms with E-state index in [0.29, 0.717) is 49.2 Å². The van der Waals surface area contributed by atoms with Gasteiger partial charge in [0.2, 0.25) is 0 Å². The molecule has 0 N–H and O–H groups in total. The van der Waals surface area contributed by atoms with Crippen LogP contribution < -0.4 is 13.8 Å². The highest BCUT2D eigenvalue weighted by molar-refractivity contribution is 7.92. The van der Waals surface area contributed by atoms with E-state index in [1.807, 2.05) is 0 Å². The topological polar surface area (TPSA) is 55.8 Å². The number of fused-ring (bicyclic) bond motifs is 2. The average Bonchev–Trinajstić information content (AvgIpc) is 2.60. The van der Waals surface area contributed by atoms with Gasteiger partial charge in [-0.25, -0.2) is 17.2 Å². The number of halogens is 2. The summed E-state index contributed by atoms with van der Waals surface area (Å²) in [5.74, 6) is -0.785. The molecule has 25 heavy (non-hydrogen) atoms. The fraction of sp³-hybridized carbons (Fsp3) is 0.294. The predicted octanol–water partition coefficient (Wildman–Crippen LogP) is 2.88. The highest BCUT2D eigenvalue weighted by atomic mass is 32.2. The third kappa shape index (κ3) is 2.70. The maximum atomic E-state index is 14.3. The van der Waals surface area contributed by atoms with Crippen molar-refractivity contribution in [2.45, 2.75) is 17.7 Å². The largest absolute Gasteiger partial charge is 0.486 e. The van der Waals surface area contributed by atoms with Crippen molar-refractivity contribution in [1.29, 1.82) is 0 Å². The normalized spacial score (nSPS) is 16.5. The van der Waals surface area contributed by atoms with E-state index >= 15 is 0 Å². The standard InChI is InChI=1S/C17H15F2NO4S/c18-12-8-11-2-1-5-20(17(11)14(19)9-12)25(21,22)13-3-4-15-16(10-13)24-7-6-23-15/h3-4,8-10H,1-2,5-7H2. The highest BCUT2D eigenvalue weighted by Gasteiger charge is 2.32. The van der Waals surface area contributed by atoms with Gasteiger partial charge in [0.15, 0.2) is 17.3 Å². The van der Waals surface area contributed by atoms with Crippen molar-refractivity contribution in [3.05, 3.63) is 47.5 Å². The minimum atomic E-state index is -4.01. The zero-order valence-corrected chi connectivity index (χ0v) is 14.0. The lowest BCUT2D eigenvalue weighted by atomic mass is 10.0. The molecule has 0 bridgehead atoms. The van der Waals surface area contributed by atoms with Crippen molar-refractivity contribution < 1.29 is 26.7 Å². The summed E-state index contributed by atoms with van der Waals surface area (Å²) in [4.78, 5) is -0.0201. The average molecular weight is 367 g/mol. The molecule has 0 aliphatic carbocycles. The van der Waals surface area contributed by atoms with E-state index in [2.05, 4.69) is 0 Å². The summed E-state index contributed by atoms with van der Waals surface area (Å²) in [6.07, 6.45) is 0.914. The Bertz CT molecular complexity index is 946. The molecule has 0 spiro atoms. The van der Waals surface area contributed by atoms with E-state index in [1.165, 1.54) is 24.3 Å². The summed E-state index contributed by atoms with van der Waals surface area (Å²) in [6.45, 7) is 0.860. The molecule has 0 atom stereocenters. The number of anilines is 1. The first-order chi connectivity index (χ1) is 12.0. The fourth-order valence-corrected chi connectivity index (χ4v) is 4.73. The Morgan fingerprint density at radius 3 is 2.56 bits per heavy atom. The van der Waals surface area contributed by atoms with Crippen LogP contribution >= 0.6 is 0 Å². The molecule has 2 aromatic carbocycles. The number of aryl methyl sites for hydroxylation is 1. The lowest BCUT2D eigenvalue weighted by Crippen LogP contribution is -2.36. The number of sulfonamides is 1. The van der Waals surface area contributed by atoms with Crippen molar-refractivity contribution >= 4 is 15.7 Å². The summed E-state index contributed by atoms with van der Waals surface area (Å²) in [5, 5.41) is 0. The van der Waals surface area contributed by atoms with Crippen LogP contribution in [0.4, 0.5) is 14.5 Å². The van der Waals surface area contributed by atoms with E-state index in [9.17, 15) is 17.2 Å². The monoisotopic (exact) mass is 367 g/mol. The SMILES string of the molecule is O=S(=O)(c1ccc2c(c1)OCCO2)N1CCCc2cc(F)cc(F)c21. The van der Waals surface area contributed by atoms with Gasteiger partial charge in [0.05, 0.1) is 10.6 Å². The third-order valence-electron chi connectivity index (χ3n) is 4.27.